The van der Waals surface area contributed by atoms with Gasteiger partial charge in [-0.3, -0.25) is 14.2 Å². The molecule has 2 fully saturated rings. The monoisotopic (exact) mass is 467 g/mol. The number of halogens is 1. The average molecular weight is 468 g/mol. The molecule has 2 saturated heterocycles. The number of aryl methyl sites for hydroxylation is 1. The number of fused-ring (bicyclic) bond motifs is 3. The van der Waals surface area contributed by atoms with Crippen LogP contribution in [-0.2, 0) is 11.8 Å². The van der Waals surface area contributed by atoms with Gasteiger partial charge in [-0.25, -0.2) is 9.97 Å². The van der Waals surface area contributed by atoms with E-state index in [0.29, 0.717) is 29.1 Å². The van der Waals surface area contributed by atoms with Crippen LogP contribution in [0.2, 0.25) is 5.15 Å². The Morgan fingerprint density at radius 3 is 2.76 bits per heavy atom. The number of hydrogen-bond acceptors (Lipinski definition) is 7. The molecule has 5 rings (SSSR count). The van der Waals surface area contributed by atoms with Gasteiger partial charge in [0, 0.05) is 26.1 Å². The first-order valence-corrected chi connectivity index (χ1v) is 11.4. The summed E-state index contributed by atoms with van der Waals surface area (Å²) in [7, 11) is 1.78. The zero-order chi connectivity index (χ0) is 23.4. The van der Waals surface area contributed by atoms with Crippen molar-refractivity contribution in [2.24, 2.45) is 7.05 Å². The van der Waals surface area contributed by atoms with Gasteiger partial charge in [0.25, 0.3) is 5.56 Å². The lowest BCUT2D eigenvalue weighted by atomic mass is 10.0. The first-order valence-electron chi connectivity index (χ1n) is 11.1. The summed E-state index contributed by atoms with van der Waals surface area (Å²) < 4.78 is 7.37. The highest BCUT2D eigenvalue weighted by molar-refractivity contribution is 6.29. The summed E-state index contributed by atoms with van der Waals surface area (Å²) in [5, 5.41) is 4.22. The van der Waals surface area contributed by atoms with Crippen molar-refractivity contribution in [3.63, 3.8) is 0 Å². The van der Waals surface area contributed by atoms with Gasteiger partial charge in [0.05, 0.1) is 41.4 Å². The van der Waals surface area contributed by atoms with Gasteiger partial charge in [-0.15, -0.1) is 0 Å². The molecule has 1 N–H and O–H groups in total. The van der Waals surface area contributed by atoms with Crippen LogP contribution < -0.4 is 15.8 Å². The van der Waals surface area contributed by atoms with E-state index in [1.807, 2.05) is 26.0 Å². The minimum atomic E-state index is -0.237. The number of morpholine rings is 1. The van der Waals surface area contributed by atoms with Crippen LogP contribution in [0.15, 0.2) is 29.1 Å². The van der Waals surface area contributed by atoms with Crippen LogP contribution in [0.4, 0.5) is 11.6 Å². The van der Waals surface area contributed by atoms with Gasteiger partial charge in [-0.05, 0) is 44.0 Å². The lowest BCUT2D eigenvalue weighted by Crippen LogP contribution is -2.41. The molecule has 3 aromatic rings. The van der Waals surface area contributed by atoms with Gasteiger partial charge >= 0.3 is 0 Å². The molecule has 0 saturated carbocycles. The minimum Gasteiger partial charge on any atom is -0.377 e. The molecule has 0 unspecified atom stereocenters. The fourth-order valence-electron chi connectivity index (χ4n) is 4.90. The third-order valence-electron chi connectivity index (χ3n) is 6.52. The van der Waals surface area contributed by atoms with E-state index in [-0.39, 0.29) is 40.4 Å². The number of ether oxygens (including phenoxy) is 1. The van der Waals surface area contributed by atoms with Crippen molar-refractivity contribution in [3.05, 3.63) is 56.6 Å². The predicted octanol–water partition coefficient (Wildman–Crippen LogP) is 3.64. The zero-order valence-corrected chi connectivity index (χ0v) is 19.8. The number of anilines is 2. The molecule has 1 aromatic carbocycles. The number of nitrogens with zero attached hydrogens (tertiary/aromatic N) is 4. The van der Waals surface area contributed by atoms with Crippen LogP contribution >= 0.6 is 11.6 Å². The van der Waals surface area contributed by atoms with Crippen LogP contribution in [-0.4, -0.2) is 45.6 Å². The second-order valence-electron chi connectivity index (χ2n) is 8.98. The van der Waals surface area contributed by atoms with Crippen LogP contribution in [0.3, 0.4) is 0 Å². The van der Waals surface area contributed by atoms with Crippen molar-refractivity contribution >= 4 is 39.9 Å². The maximum atomic E-state index is 13.4. The number of ketones is 1. The van der Waals surface area contributed by atoms with E-state index in [2.05, 4.69) is 15.2 Å². The molecule has 0 spiro atoms. The summed E-state index contributed by atoms with van der Waals surface area (Å²) >= 11 is 6.00. The van der Waals surface area contributed by atoms with Crippen LogP contribution in [0.5, 0.6) is 0 Å². The van der Waals surface area contributed by atoms with E-state index in [9.17, 15) is 9.59 Å². The van der Waals surface area contributed by atoms with Crippen molar-refractivity contribution in [2.45, 2.75) is 45.4 Å². The molecular formula is C24H26ClN5O3. The van der Waals surface area contributed by atoms with Gasteiger partial charge in [-0.2, -0.15) is 0 Å². The Morgan fingerprint density at radius 2 is 2.09 bits per heavy atom. The number of carbonyl (C=O) groups excluding carboxylic acids is 1. The molecule has 172 valence electrons. The highest BCUT2D eigenvalue weighted by Gasteiger charge is 2.40. The molecule has 3 atom stereocenters. The molecular weight excluding hydrogens is 442 g/mol. The van der Waals surface area contributed by atoms with Crippen molar-refractivity contribution < 1.29 is 9.53 Å². The van der Waals surface area contributed by atoms with E-state index in [4.69, 9.17) is 21.3 Å². The van der Waals surface area contributed by atoms with Crippen LogP contribution in [0.25, 0.3) is 10.9 Å². The van der Waals surface area contributed by atoms with Gasteiger partial charge in [-0.1, -0.05) is 17.7 Å². The highest BCUT2D eigenvalue weighted by Crippen LogP contribution is 2.33. The Bertz CT molecular complexity index is 1340. The maximum absolute atomic E-state index is 13.4. The SMILES string of the molecule is CC(=O)c1nc(Cl)ccc1N[C@H](C)c1cc(C)cc2c(=O)n(C)c(N3C[C@H]4C[C@@H]3CO4)nc12. The molecule has 4 heterocycles. The Kier molecular flexibility index (Phi) is 5.37. The van der Waals surface area contributed by atoms with Gasteiger partial charge in [0.15, 0.2) is 5.78 Å². The maximum Gasteiger partial charge on any atom is 0.262 e. The Morgan fingerprint density at radius 1 is 1.30 bits per heavy atom. The molecule has 2 aromatic heterocycles. The molecule has 33 heavy (non-hydrogen) atoms. The fourth-order valence-corrected chi connectivity index (χ4v) is 5.05. The lowest BCUT2D eigenvalue weighted by Gasteiger charge is -2.29. The quantitative estimate of drug-likeness (QED) is 0.452. The van der Waals surface area contributed by atoms with E-state index in [1.165, 1.54) is 6.92 Å². The minimum absolute atomic E-state index is 0.0755. The van der Waals surface area contributed by atoms with Gasteiger partial charge in [0.2, 0.25) is 5.95 Å². The number of carbonyl (C=O) groups is 1. The predicted molar refractivity (Wildman–Crippen MR) is 129 cm³/mol. The first kappa shape index (κ1) is 21.9. The Balaban J connectivity index is 1.61. The summed E-state index contributed by atoms with van der Waals surface area (Å²) in [6.07, 6.45) is 1.16. The highest BCUT2D eigenvalue weighted by atomic mass is 35.5. The second-order valence-corrected chi connectivity index (χ2v) is 9.36. The van der Waals surface area contributed by atoms with Crippen LogP contribution in [0.1, 0.15) is 47.9 Å². The van der Waals surface area contributed by atoms with Gasteiger partial charge < -0.3 is 15.0 Å². The molecule has 2 aliphatic rings. The zero-order valence-electron chi connectivity index (χ0n) is 19.1. The lowest BCUT2D eigenvalue weighted by molar-refractivity contribution is 0.0983. The summed E-state index contributed by atoms with van der Waals surface area (Å²) in [5.41, 5.74) is 3.31. The smallest absolute Gasteiger partial charge is 0.262 e. The number of hydrogen-bond donors (Lipinski definition) is 1. The topological polar surface area (TPSA) is 89.4 Å². The molecule has 2 bridgehead atoms. The number of aromatic nitrogens is 3. The number of nitrogens with one attached hydrogen (secondary N) is 1. The normalized spacial score (nSPS) is 20.5. The molecule has 9 heteroatoms. The standard InChI is InChI=1S/C24H26ClN5O3/c1-12-7-17(13(2)26-19-5-6-20(25)27-21(19)14(3)31)22-18(8-12)23(32)29(4)24(28-22)30-10-16-9-15(30)11-33-16/h5-8,13,15-16,26H,9-11H2,1-4H3/t13-,15-,16-/m1/s1. The van der Waals surface area contributed by atoms with E-state index in [0.717, 1.165) is 24.1 Å². The van der Waals surface area contributed by atoms with Crippen molar-refractivity contribution in [1.82, 2.24) is 14.5 Å². The second kappa shape index (κ2) is 8.11. The number of Topliss-reactive ketones (excluding diaryl/α,β-unsaturated/α-hetero) is 1. The largest absolute Gasteiger partial charge is 0.377 e. The Labute approximate surface area is 196 Å². The number of pyridine rings is 1. The van der Waals surface area contributed by atoms with E-state index >= 15 is 0 Å². The summed E-state index contributed by atoms with van der Waals surface area (Å²) in [6.45, 7) is 6.81. The third-order valence-corrected chi connectivity index (χ3v) is 6.73. The fraction of sp³-hybridized carbons (Fsp3) is 0.417. The Hall–Kier alpha value is -2.97. The molecule has 8 nitrogen and oxygen atoms in total. The van der Waals surface area contributed by atoms with Crippen molar-refractivity contribution in [2.75, 3.05) is 23.4 Å². The van der Waals surface area contributed by atoms with Crippen molar-refractivity contribution in [3.8, 4) is 0 Å². The van der Waals surface area contributed by atoms with E-state index in [1.54, 1.807) is 23.7 Å². The summed E-state index contributed by atoms with van der Waals surface area (Å²) in [4.78, 5) is 36.8. The first-order chi connectivity index (χ1) is 15.7. The number of benzene rings is 1. The van der Waals surface area contributed by atoms with Crippen molar-refractivity contribution in [1.29, 1.82) is 0 Å². The molecule has 0 radical (unpaired) electrons. The summed E-state index contributed by atoms with van der Waals surface area (Å²) in [6, 6.07) is 7.32. The van der Waals surface area contributed by atoms with Crippen LogP contribution in [0, 0.1) is 6.92 Å². The average Bonchev–Trinajstić information content (AvgIpc) is 3.41. The molecule has 2 aliphatic heterocycles. The van der Waals surface area contributed by atoms with Gasteiger partial charge in [0.1, 0.15) is 10.8 Å². The third kappa shape index (κ3) is 3.77. The summed E-state index contributed by atoms with van der Waals surface area (Å²) in [5.74, 6) is 0.486. The van der Waals surface area contributed by atoms with E-state index < -0.39 is 0 Å². The number of rotatable bonds is 5. The molecule has 0 aliphatic carbocycles. The molecule has 0 amide bonds.